The lowest BCUT2D eigenvalue weighted by atomic mass is 10.2. The van der Waals surface area contributed by atoms with Gasteiger partial charge in [-0.2, -0.15) is 0 Å². The Morgan fingerprint density at radius 2 is 1.89 bits per heavy atom. The van der Waals surface area contributed by atoms with E-state index in [1.165, 1.54) is 26.4 Å². The summed E-state index contributed by atoms with van der Waals surface area (Å²) in [5.74, 6) is -0.279. The van der Waals surface area contributed by atoms with Gasteiger partial charge in [0.05, 0.1) is 25.5 Å². The number of halogens is 1. The second-order valence-electron chi connectivity index (χ2n) is 3.40. The maximum absolute atomic E-state index is 11.6. The van der Waals surface area contributed by atoms with Crippen LogP contribution in [0.4, 0.5) is 0 Å². The van der Waals surface area contributed by atoms with Gasteiger partial charge in [-0.05, 0) is 12.1 Å². The molecule has 0 aliphatic rings. The first-order valence-electron chi connectivity index (χ1n) is 4.72. The van der Waals surface area contributed by atoms with E-state index in [1.807, 2.05) is 4.72 Å². The van der Waals surface area contributed by atoms with Crippen LogP contribution in [0.2, 0.25) is 5.02 Å². The number of hydrogen-bond donors (Lipinski definition) is 1. The topological polar surface area (TPSA) is 81.7 Å². The number of amides is 1. The molecule has 18 heavy (non-hydrogen) atoms. The van der Waals surface area contributed by atoms with Crippen LogP contribution in [0.1, 0.15) is 10.4 Å². The van der Waals surface area contributed by atoms with Crippen LogP contribution in [0.25, 0.3) is 0 Å². The standard InChI is InChI=1S/C10H12ClNO5S/c1-16-8-5-6(4-7(11)9(8)17-2)10(13)12-18(3,14)15/h4-5H,1-3H3,(H,12,13). The number of benzene rings is 1. The fourth-order valence-electron chi connectivity index (χ4n) is 1.28. The Kier molecular flexibility index (Phi) is 4.42. The second-order valence-corrected chi connectivity index (χ2v) is 5.55. The Hall–Kier alpha value is -1.47. The molecule has 0 atom stereocenters. The zero-order valence-electron chi connectivity index (χ0n) is 9.98. The molecular formula is C10H12ClNO5S. The van der Waals surface area contributed by atoms with Gasteiger partial charge in [-0.15, -0.1) is 0 Å². The van der Waals surface area contributed by atoms with Crippen molar-refractivity contribution in [3.63, 3.8) is 0 Å². The summed E-state index contributed by atoms with van der Waals surface area (Å²) in [7, 11) is -0.850. The molecule has 1 aromatic carbocycles. The van der Waals surface area contributed by atoms with Crippen LogP contribution >= 0.6 is 11.6 Å². The molecule has 1 rings (SSSR count). The third-order valence-corrected chi connectivity index (χ3v) is 2.81. The normalized spacial score (nSPS) is 10.9. The molecule has 0 fully saturated rings. The maximum Gasteiger partial charge on any atom is 0.264 e. The van der Waals surface area contributed by atoms with Gasteiger partial charge in [0.25, 0.3) is 5.91 Å². The summed E-state index contributed by atoms with van der Waals surface area (Å²) in [6, 6.07) is 2.63. The van der Waals surface area contributed by atoms with E-state index in [0.717, 1.165) is 6.26 Å². The largest absolute Gasteiger partial charge is 0.493 e. The fraction of sp³-hybridized carbons (Fsp3) is 0.300. The van der Waals surface area contributed by atoms with Gasteiger partial charge in [0, 0.05) is 5.56 Å². The zero-order chi connectivity index (χ0) is 13.9. The quantitative estimate of drug-likeness (QED) is 0.897. The smallest absolute Gasteiger partial charge is 0.264 e. The van der Waals surface area contributed by atoms with E-state index < -0.39 is 15.9 Å². The van der Waals surface area contributed by atoms with E-state index in [2.05, 4.69) is 0 Å². The molecule has 0 unspecified atom stereocenters. The molecule has 0 saturated heterocycles. The van der Waals surface area contributed by atoms with Crippen molar-refractivity contribution in [2.24, 2.45) is 0 Å². The van der Waals surface area contributed by atoms with Crippen molar-refractivity contribution in [3.8, 4) is 11.5 Å². The predicted molar refractivity (Wildman–Crippen MR) is 66.9 cm³/mol. The van der Waals surface area contributed by atoms with Gasteiger partial charge in [-0.25, -0.2) is 13.1 Å². The lowest BCUT2D eigenvalue weighted by molar-refractivity contribution is 0.0981. The molecule has 0 saturated carbocycles. The number of methoxy groups -OCH3 is 2. The van der Waals surface area contributed by atoms with E-state index in [4.69, 9.17) is 21.1 Å². The van der Waals surface area contributed by atoms with Crippen LogP contribution in [0, 0.1) is 0 Å². The van der Waals surface area contributed by atoms with Crippen molar-refractivity contribution in [2.75, 3.05) is 20.5 Å². The molecule has 0 bridgehead atoms. The number of nitrogens with one attached hydrogen (secondary N) is 1. The highest BCUT2D eigenvalue weighted by Crippen LogP contribution is 2.35. The van der Waals surface area contributed by atoms with Gasteiger partial charge < -0.3 is 9.47 Å². The van der Waals surface area contributed by atoms with Crippen molar-refractivity contribution in [1.82, 2.24) is 4.72 Å². The number of rotatable bonds is 4. The summed E-state index contributed by atoms with van der Waals surface area (Å²) in [5, 5.41) is 0.149. The molecule has 0 heterocycles. The number of ether oxygens (including phenoxy) is 2. The van der Waals surface area contributed by atoms with Crippen LogP contribution in [0.15, 0.2) is 12.1 Å². The van der Waals surface area contributed by atoms with Crippen LogP contribution < -0.4 is 14.2 Å². The molecule has 0 aliphatic carbocycles. The molecule has 0 aliphatic heterocycles. The van der Waals surface area contributed by atoms with E-state index in [1.54, 1.807) is 0 Å². The number of hydrogen-bond acceptors (Lipinski definition) is 5. The minimum Gasteiger partial charge on any atom is -0.493 e. The van der Waals surface area contributed by atoms with Crippen LogP contribution in [-0.4, -0.2) is 34.8 Å². The first-order chi connectivity index (χ1) is 8.28. The number of carbonyl (C=O) groups excluding carboxylic acids is 1. The molecule has 100 valence electrons. The molecule has 1 amide bonds. The third-order valence-electron chi connectivity index (χ3n) is 1.97. The average Bonchev–Trinajstić information content (AvgIpc) is 2.25. The molecule has 0 radical (unpaired) electrons. The van der Waals surface area contributed by atoms with Crippen LogP contribution in [0.5, 0.6) is 11.5 Å². The fourth-order valence-corrected chi connectivity index (χ4v) is 2.02. The maximum atomic E-state index is 11.6. The number of sulfonamides is 1. The van der Waals surface area contributed by atoms with Gasteiger partial charge in [0.1, 0.15) is 0 Å². The summed E-state index contributed by atoms with van der Waals surface area (Å²) in [5.41, 5.74) is 0.0584. The van der Waals surface area contributed by atoms with Crippen molar-refractivity contribution in [1.29, 1.82) is 0 Å². The van der Waals surface area contributed by atoms with Crippen molar-refractivity contribution in [2.45, 2.75) is 0 Å². The lowest BCUT2D eigenvalue weighted by Crippen LogP contribution is -2.29. The molecule has 0 spiro atoms. The minimum absolute atomic E-state index is 0.0584. The molecule has 1 N–H and O–H groups in total. The van der Waals surface area contributed by atoms with Gasteiger partial charge in [-0.3, -0.25) is 4.79 Å². The first kappa shape index (κ1) is 14.6. The Balaban J connectivity index is 3.20. The van der Waals surface area contributed by atoms with E-state index in [9.17, 15) is 13.2 Å². The summed E-state index contributed by atoms with van der Waals surface area (Å²) >= 11 is 5.89. The summed E-state index contributed by atoms with van der Waals surface area (Å²) in [6.45, 7) is 0. The Bertz CT molecular complexity index is 570. The summed E-state index contributed by atoms with van der Waals surface area (Å²) in [6.07, 6.45) is 0.882. The predicted octanol–water partition coefficient (Wildman–Crippen LogP) is 1.05. The minimum atomic E-state index is -3.63. The summed E-state index contributed by atoms with van der Waals surface area (Å²) < 4.78 is 33.7. The van der Waals surface area contributed by atoms with Gasteiger partial charge >= 0.3 is 0 Å². The Labute approximate surface area is 110 Å². The highest BCUT2D eigenvalue weighted by atomic mass is 35.5. The average molecular weight is 294 g/mol. The van der Waals surface area contributed by atoms with Gasteiger partial charge in [0.15, 0.2) is 11.5 Å². The van der Waals surface area contributed by atoms with E-state index >= 15 is 0 Å². The van der Waals surface area contributed by atoms with Crippen LogP contribution in [0.3, 0.4) is 0 Å². The molecule has 6 nitrogen and oxygen atoms in total. The van der Waals surface area contributed by atoms with Gasteiger partial charge in [-0.1, -0.05) is 11.6 Å². The summed E-state index contributed by atoms with van der Waals surface area (Å²) in [4.78, 5) is 11.6. The highest BCUT2D eigenvalue weighted by molar-refractivity contribution is 7.89. The van der Waals surface area contributed by atoms with E-state index in [0.29, 0.717) is 0 Å². The van der Waals surface area contributed by atoms with Crippen molar-refractivity contribution < 1.29 is 22.7 Å². The molecule has 8 heteroatoms. The first-order valence-corrected chi connectivity index (χ1v) is 6.99. The van der Waals surface area contributed by atoms with E-state index in [-0.39, 0.29) is 22.1 Å². The molecule has 0 aromatic heterocycles. The van der Waals surface area contributed by atoms with Crippen molar-refractivity contribution in [3.05, 3.63) is 22.7 Å². The lowest BCUT2D eigenvalue weighted by Gasteiger charge is -2.11. The Morgan fingerprint density at radius 1 is 1.28 bits per heavy atom. The van der Waals surface area contributed by atoms with Gasteiger partial charge in [0.2, 0.25) is 10.0 Å². The number of carbonyl (C=O) groups is 1. The Morgan fingerprint density at radius 3 is 2.33 bits per heavy atom. The monoisotopic (exact) mass is 293 g/mol. The van der Waals surface area contributed by atoms with Crippen LogP contribution in [-0.2, 0) is 10.0 Å². The highest BCUT2D eigenvalue weighted by Gasteiger charge is 2.17. The SMILES string of the molecule is COc1cc(C(=O)NS(C)(=O)=O)cc(Cl)c1OC. The third kappa shape index (κ3) is 3.51. The van der Waals surface area contributed by atoms with Crippen molar-refractivity contribution >= 4 is 27.5 Å². The zero-order valence-corrected chi connectivity index (χ0v) is 11.6. The molecule has 1 aromatic rings. The molecular weight excluding hydrogens is 282 g/mol. The second kappa shape index (κ2) is 5.45.